The van der Waals surface area contributed by atoms with E-state index in [-0.39, 0.29) is 82.2 Å². The minimum absolute atomic E-state index is 0.0324. The van der Waals surface area contributed by atoms with Gasteiger partial charge >= 0.3 is 0 Å². The zero-order valence-electron chi connectivity index (χ0n) is 43.4. The van der Waals surface area contributed by atoms with E-state index < -0.39 is 17.3 Å². The van der Waals surface area contributed by atoms with Crippen LogP contribution in [0.3, 0.4) is 0 Å². The van der Waals surface area contributed by atoms with Crippen LogP contribution in [0.25, 0.3) is 11.0 Å². The SMILES string of the molecule is COCCOc1nc2[nH]cc(F)c2cc1Oc1cc(N2CCC3(CC2)CC(N2CCN(C(=O)C4CC4)C[C@H]2c2ccccc2C(C)C)C3)ccc1C(=O)NSc1cc(N=O)c2c(c1)OC[C@H](C1CCC(C)(O)CC1)N2. The number of rotatable bonds is 16. The van der Waals surface area contributed by atoms with Gasteiger partial charge in [-0.1, -0.05) is 38.1 Å². The van der Waals surface area contributed by atoms with Crippen LogP contribution in [0, 0.1) is 28.0 Å². The monoisotopic (exact) mass is 1040 g/mol. The standard InChI is InChI=1S/C57H69FN8O8S/c1-34(2)40-7-5-6-8-41(40)47-32-65(55(68)36-9-10-36)21-22-66(47)38-29-57(30-38)17-19-64(20-18-57)37-11-12-42(48(25-37)74-50-28-43-44(58)31-59-52(43)61-54(50)72-24-23-71-4)53(67)63-75-39-26-45(62-70)51-49(27-39)73-33-46(60-51)35-13-15-56(3,69)16-14-35/h5-8,11-12,25-28,31,34-36,38,46-47,60,69H,9-10,13-24,29-30,32-33H2,1-4H3,(H,59,61)(H,63,67)/t35?,46-,47+,56?/m1/s1. The van der Waals surface area contributed by atoms with Gasteiger partial charge in [-0.15, -0.1) is 4.91 Å². The van der Waals surface area contributed by atoms with Crippen LogP contribution < -0.4 is 29.1 Å². The Bertz CT molecular complexity index is 2920. The summed E-state index contributed by atoms with van der Waals surface area (Å²) in [6, 6.07) is 19.8. The zero-order chi connectivity index (χ0) is 52.0. The number of aliphatic hydroxyl groups is 1. The number of fused-ring (bicyclic) bond motifs is 2. The lowest BCUT2D eigenvalue weighted by molar-refractivity contribution is -0.138. The summed E-state index contributed by atoms with van der Waals surface area (Å²) < 4.78 is 42.1. The number of methoxy groups -OCH3 is 1. The third-order valence-electron chi connectivity index (χ3n) is 17.0. The van der Waals surface area contributed by atoms with Crippen LogP contribution in [0.4, 0.5) is 21.5 Å². The number of hydrogen-bond acceptors (Lipinski definition) is 14. The average molecular weight is 1050 g/mol. The molecule has 0 radical (unpaired) electrons. The maximum Gasteiger partial charge on any atom is 0.265 e. The van der Waals surface area contributed by atoms with Gasteiger partial charge in [-0.2, -0.15) is 4.98 Å². The first-order valence-corrected chi connectivity index (χ1v) is 27.7. The van der Waals surface area contributed by atoms with Crippen molar-refractivity contribution in [2.45, 2.75) is 120 Å². The number of nitrogens with zero attached hydrogens (tertiary/aromatic N) is 5. The number of aromatic amines is 1. The Hall–Kier alpha value is -5.95. The van der Waals surface area contributed by atoms with Crippen molar-refractivity contribution in [3.8, 4) is 23.1 Å². The summed E-state index contributed by atoms with van der Waals surface area (Å²) in [6.07, 6.45) is 10.6. The van der Waals surface area contributed by atoms with E-state index in [0.29, 0.717) is 53.6 Å². The van der Waals surface area contributed by atoms with Crippen LogP contribution in [0.1, 0.15) is 118 Å². The van der Waals surface area contributed by atoms with Crippen molar-refractivity contribution in [1.82, 2.24) is 24.5 Å². The fourth-order valence-electron chi connectivity index (χ4n) is 12.4. The first-order valence-electron chi connectivity index (χ1n) is 26.9. The van der Waals surface area contributed by atoms with Crippen molar-refractivity contribution in [3.63, 3.8) is 0 Å². The lowest BCUT2D eigenvalue weighted by Gasteiger charge is -2.58. The second kappa shape index (κ2) is 21.2. The highest BCUT2D eigenvalue weighted by molar-refractivity contribution is 7.98. The van der Waals surface area contributed by atoms with Crippen molar-refractivity contribution in [1.29, 1.82) is 0 Å². The molecule has 16 nitrogen and oxygen atoms in total. The van der Waals surface area contributed by atoms with Crippen molar-refractivity contribution in [3.05, 3.63) is 94.3 Å². The van der Waals surface area contributed by atoms with E-state index in [1.165, 1.54) is 23.4 Å². The van der Waals surface area contributed by atoms with Gasteiger partial charge in [0.1, 0.15) is 47.6 Å². The maximum absolute atomic E-state index is 15.1. The quantitative estimate of drug-likeness (QED) is 0.0416. The van der Waals surface area contributed by atoms with E-state index in [2.05, 4.69) is 78.0 Å². The Morgan fingerprint density at radius 1 is 0.987 bits per heavy atom. The van der Waals surface area contributed by atoms with Crippen LogP contribution in [0.15, 0.2) is 76.9 Å². The zero-order valence-corrected chi connectivity index (χ0v) is 44.2. The Morgan fingerprint density at radius 2 is 1.77 bits per heavy atom. The minimum atomic E-state index is -0.665. The Labute approximate surface area is 441 Å². The molecule has 2 aromatic heterocycles. The molecule has 2 atom stereocenters. The molecule has 5 heterocycles. The van der Waals surface area contributed by atoms with Crippen LogP contribution in [-0.4, -0.2) is 114 Å². The smallest absolute Gasteiger partial charge is 0.265 e. The molecule has 0 bridgehead atoms. The van der Waals surface area contributed by atoms with Gasteiger partial charge in [-0.25, -0.2) is 4.39 Å². The summed E-state index contributed by atoms with van der Waals surface area (Å²) in [5.41, 5.74) is 4.32. The predicted molar refractivity (Wildman–Crippen MR) is 287 cm³/mol. The average Bonchev–Trinajstić information content (AvgIpc) is 4.21. The molecule has 398 valence electrons. The second-order valence-corrected chi connectivity index (χ2v) is 23.3. The lowest BCUT2D eigenvalue weighted by atomic mass is 9.59. The summed E-state index contributed by atoms with van der Waals surface area (Å²) >= 11 is 1.02. The molecule has 3 aliphatic heterocycles. The molecule has 6 aliphatic rings. The number of halogens is 1. The summed E-state index contributed by atoms with van der Waals surface area (Å²) in [4.78, 5) is 55.1. The number of nitrogens with one attached hydrogen (secondary N) is 3. The topological polar surface area (TPSA) is 183 Å². The molecule has 4 N–H and O–H groups in total. The van der Waals surface area contributed by atoms with E-state index >= 15 is 4.39 Å². The molecular formula is C57H69FN8O8S. The summed E-state index contributed by atoms with van der Waals surface area (Å²) in [6.45, 7) is 11.2. The van der Waals surface area contributed by atoms with Crippen LogP contribution in [-0.2, 0) is 9.53 Å². The fraction of sp³-hybridized carbons (Fsp3) is 0.526. The Kier molecular flexibility index (Phi) is 14.5. The number of hydrogen-bond donors (Lipinski definition) is 4. The van der Waals surface area contributed by atoms with Gasteiger partial charge in [0.25, 0.3) is 11.8 Å². The molecule has 18 heteroatoms. The van der Waals surface area contributed by atoms with Crippen LogP contribution in [0.2, 0.25) is 0 Å². The first kappa shape index (κ1) is 51.2. The number of pyridine rings is 1. The van der Waals surface area contributed by atoms with E-state index in [9.17, 15) is 19.6 Å². The third kappa shape index (κ3) is 10.8. The number of aromatic nitrogens is 2. The van der Waals surface area contributed by atoms with Gasteiger partial charge in [0.2, 0.25) is 5.91 Å². The third-order valence-corrected chi connectivity index (χ3v) is 17.7. The number of benzene rings is 3. The number of amides is 2. The number of carbonyl (C=O) groups excluding carboxylic acids is 2. The molecule has 2 saturated heterocycles. The molecule has 5 aromatic rings. The van der Waals surface area contributed by atoms with E-state index in [0.717, 1.165) is 102 Å². The van der Waals surface area contributed by atoms with Crippen molar-refractivity contribution in [2.24, 2.45) is 22.4 Å². The molecule has 0 unspecified atom stereocenters. The molecule has 3 aromatic carbocycles. The van der Waals surface area contributed by atoms with Gasteiger partial charge in [0, 0.05) is 80.7 Å². The molecule has 11 rings (SSSR count). The first-order chi connectivity index (χ1) is 36.3. The highest BCUT2D eigenvalue weighted by Crippen LogP contribution is 2.54. The number of piperidine rings is 1. The highest BCUT2D eigenvalue weighted by Gasteiger charge is 2.51. The van der Waals surface area contributed by atoms with Crippen LogP contribution in [0.5, 0.6) is 23.1 Å². The van der Waals surface area contributed by atoms with E-state index in [1.807, 2.05) is 19.1 Å². The Balaban J connectivity index is 0.808. The Morgan fingerprint density at radius 3 is 2.52 bits per heavy atom. The number of carbonyl (C=O) groups is 2. The van der Waals surface area contributed by atoms with Gasteiger partial charge < -0.3 is 44.2 Å². The summed E-state index contributed by atoms with van der Waals surface area (Å²) in [7, 11) is 1.56. The van der Waals surface area contributed by atoms with Crippen molar-refractivity contribution < 1.29 is 38.0 Å². The van der Waals surface area contributed by atoms with E-state index in [1.54, 1.807) is 25.3 Å². The predicted octanol–water partition coefficient (Wildman–Crippen LogP) is 10.6. The molecule has 3 saturated carbocycles. The van der Waals surface area contributed by atoms with E-state index in [4.69, 9.17) is 18.9 Å². The normalized spacial score (nSPS) is 23.8. The number of H-pyrrole nitrogens is 1. The number of anilines is 2. The number of piperazine rings is 1. The van der Waals surface area contributed by atoms with Gasteiger partial charge in [0.05, 0.1) is 35.2 Å². The van der Waals surface area contributed by atoms with Gasteiger partial charge in [-0.05, 0) is 141 Å². The molecule has 1 spiro atoms. The summed E-state index contributed by atoms with van der Waals surface area (Å²) in [5.74, 6) is 1.13. The lowest BCUT2D eigenvalue weighted by Crippen LogP contribution is -2.60. The van der Waals surface area contributed by atoms with Gasteiger partial charge in [-0.3, -0.25) is 19.2 Å². The van der Waals surface area contributed by atoms with Crippen LogP contribution >= 0.6 is 11.9 Å². The maximum atomic E-state index is 15.1. The van der Waals surface area contributed by atoms with Gasteiger partial charge in [0.15, 0.2) is 5.75 Å². The van der Waals surface area contributed by atoms with Crippen molar-refractivity contribution >= 4 is 51.9 Å². The van der Waals surface area contributed by atoms with Crippen molar-refractivity contribution in [2.75, 3.05) is 69.9 Å². The minimum Gasteiger partial charge on any atom is -0.489 e. The summed E-state index contributed by atoms with van der Waals surface area (Å²) in [5, 5.41) is 17.5. The number of ether oxygens (including phenoxy) is 4. The molecule has 5 fully saturated rings. The number of nitroso groups, excluding NO2 is 1. The highest BCUT2D eigenvalue weighted by atomic mass is 32.2. The molecule has 3 aliphatic carbocycles. The fourth-order valence-corrected chi connectivity index (χ4v) is 13.0. The molecule has 2 amide bonds. The largest absolute Gasteiger partial charge is 0.489 e. The second-order valence-electron chi connectivity index (χ2n) is 22.4. The molecular weight excluding hydrogens is 976 g/mol. The molecule has 75 heavy (non-hydrogen) atoms.